The van der Waals surface area contributed by atoms with E-state index in [1.165, 1.54) is 6.07 Å². The molecule has 2 N–H and O–H groups in total. The monoisotopic (exact) mass is 392 g/mol. The second-order valence-electron chi connectivity index (χ2n) is 7.48. The first-order valence-electron chi connectivity index (χ1n) is 9.97. The Labute approximate surface area is 169 Å². The van der Waals surface area contributed by atoms with Crippen LogP contribution in [0.15, 0.2) is 60.8 Å². The molecule has 0 unspecified atom stereocenters. The average molecular weight is 392 g/mol. The second kappa shape index (κ2) is 8.57. The number of hydrogen-bond donors (Lipinski definition) is 1. The quantitative estimate of drug-likeness (QED) is 0.725. The fraction of sp³-hybridized carbons (Fsp3) is 0.304. The minimum atomic E-state index is -0.392. The topological polar surface area (TPSA) is 62.5 Å². The number of hydrogen-bond acceptors (Lipinski definition) is 4. The Balaban J connectivity index is 1.34. The Morgan fingerprint density at radius 1 is 1.03 bits per heavy atom. The summed E-state index contributed by atoms with van der Waals surface area (Å²) in [5.74, 6) is 0.720. The molecular formula is C23H25FN4O. The summed E-state index contributed by atoms with van der Waals surface area (Å²) in [4.78, 5) is 21.3. The van der Waals surface area contributed by atoms with Gasteiger partial charge in [0.05, 0.1) is 0 Å². The van der Waals surface area contributed by atoms with Gasteiger partial charge in [-0.05, 0) is 29.5 Å². The van der Waals surface area contributed by atoms with Gasteiger partial charge in [0.2, 0.25) is 5.91 Å². The smallest absolute Gasteiger partial charge is 0.224 e. The van der Waals surface area contributed by atoms with Crippen molar-refractivity contribution in [1.82, 2.24) is 9.88 Å². The molecule has 2 heterocycles. The molecule has 29 heavy (non-hydrogen) atoms. The highest BCUT2D eigenvalue weighted by atomic mass is 19.1. The van der Waals surface area contributed by atoms with Gasteiger partial charge in [-0.25, -0.2) is 9.37 Å². The zero-order chi connectivity index (χ0) is 20.2. The summed E-state index contributed by atoms with van der Waals surface area (Å²) >= 11 is 0. The van der Waals surface area contributed by atoms with Gasteiger partial charge >= 0.3 is 0 Å². The first-order valence-corrected chi connectivity index (χ1v) is 9.97. The lowest BCUT2D eigenvalue weighted by Crippen LogP contribution is -2.50. The van der Waals surface area contributed by atoms with E-state index in [4.69, 9.17) is 5.73 Å². The number of pyridine rings is 1. The van der Waals surface area contributed by atoms with Crippen molar-refractivity contribution in [2.75, 3.05) is 31.1 Å². The van der Waals surface area contributed by atoms with Crippen molar-refractivity contribution in [1.29, 1.82) is 0 Å². The minimum absolute atomic E-state index is 0.0272. The normalized spacial score (nSPS) is 15.5. The van der Waals surface area contributed by atoms with Gasteiger partial charge in [0.25, 0.3) is 0 Å². The van der Waals surface area contributed by atoms with E-state index in [2.05, 4.69) is 22.0 Å². The molecular weight excluding hydrogens is 367 g/mol. The Morgan fingerprint density at radius 2 is 1.76 bits per heavy atom. The second-order valence-corrected chi connectivity index (χ2v) is 7.48. The highest BCUT2D eigenvalue weighted by molar-refractivity contribution is 5.92. The van der Waals surface area contributed by atoms with E-state index < -0.39 is 6.04 Å². The van der Waals surface area contributed by atoms with E-state index >= 15 is 0 Å². The van der Waals surface area contributed by atoms with Crippen LogP contribution in [0.1, 0.15) is 12.0 Å². The number of fused-ring (bicyclic) bond motifs is 1. The molecule has 0 spiro atoms. The van der Waals surface area contributed by atoms with E-state index in [-0.39, 0.29) is 18.1 Å². The number of anilines is 1. The van der Waals surface area contributed by atoms with Crippen LogP contribution >= 0.6 is 0 Å². The zero-order valence-electron chi connectivity index (χ0n) is 16.3. The number of halogens is 1. The van der Waals surface area contributed by atoms with Crippen molar-refractivity contribution >= 4 is 22.5 Å². The number of nitrogens with zero attached hydrogens (tertiary/aromatic N) is 3. The number of benzene rings is 2. The molecule has 1 aliphatic rings. The Bertz CT molecular complexity index is 996. The highest BCUT2D eigenvalue weighted by Crippen LogP contribution is 2.25. The largest absolute Gasteiger partial charge is 0.353 e. The lowest BCUT2D eigenvalue weighted by atomic mass is 10.0. The van der Waals surface area contributed by atoms with Gasteiger partial charge in [-0.3, -0.25) is 4.79 Å². The van der Waals surface area contributed by atoms with Crippen molar-refractivity contribution in [3.8, 4) is 0 Å². The van der Waals surface area contributed by atoms with Crippen LogP contribution in [0.5, 0.6) is 0 Å². The van der Waals surface area contributed by atoms with E-state index in [0.717, 1.165) is 29.7 Å². The molecule has 2 aromatic carbocycles. The van der Waals surface area contributed by atoms with Crippen LogP contribution < -0.4 is 10.6 Å². The first kappa shape index (κ1) is 19.3. The fourth-order valence-electron chi connectivity index (χ4n) is 3.90. The van der Waals surface area contributed by atoms with Crippen molar-refractivity contribution in [3.63, 3.8) is 0 Å². The van der Waals surface area contributed by atoms with Crippen molar-refractivity contribution in [3.05, 3.63) is 72.2 Å². The Morgan fingerprint density at radius 3 is 2.55 bits per heavy atom. The number of rotatable bonds is 5. The fourth-order valence-corrected chi connectivity index (χ4v) is 3.90. The Hall–Kier alpha value is -2.99. The van der Waals surface area contributed by atoms with E-state index in [1.54, 1.807) is 18.2 Å². The number of amides is 1. The maximum atomic E-state index is 13.8. The van der Waals surface area contributed by atoms with Crippen LogP contribution in [-0.4, -0.2) is 48.0 Å². The SMILES string of the molecule is N[C@@H](CC(=O)N1CCN(c2nccc3ccccc23)CC1)Cc1ccccc1F. The maximum Gasteiger partial charge on any atom is 0.224 e. The third-order valence-electron chi connectivity index (χ3n) is 5.46. The Kier molecular flexibility index (Phi) is 5.71. The van der Waals surface area contributed by atoms with Crippen LogP contribution in [0.4, 0.5) is 10.2 Å². The summed E-state index contributed by atoms with van der Waals surface area (Å²) in [5, 5.41) is 2.29. The molecule has 150 valence electrons. The molecule has 5 nitrogen and oxygen atoms in total. The van der Waals surface area contributed by atoms with Gasteiger partial charge in [-0.2, -0.15) is 0 Å². The van der Waals surface area contributed by atoms with Gasteiger partial charge in [-0.1, -0.05) is 42.5 Å². The summed E-state index contributed by atoms with van der Waals surface area (Å²) in [7, 11) is 0. The molecule has 1 amide bonds. The summed E-state index contributed by atoms with van der Waals surface area (Å²) in [6, 6.07) is 16.4. The predicted octanol–water partition coefficient (Wildman–Crippen LogP) is 2.98. The number of carbonyl (C=O) groups excluding carboxylic acids is 1. The third-order valence-corrected chi connectivity index (χ3v) is 5.46. The first-order chi connectivity index (χ1) is 14.1. The molecule has 0 saturated carbocycles. The predicted molar refractivity (Wildman–Crippen MR) is 113 cm³/mol. The standard InChI is InChI=1S/C23H25FN4O/c24-21-8-4-2-6-18(21)15-19(25)16-22(29)27-11-13-28(14-12-27)23-20-7-3-1-5-17(20)9-10-26-23/h1-10,19H,11-16,25H2/t19-/m1/s1. The average Bonchev–Trinajstić information content (AvgIpc) is 2.75. The molecule has 3 aromatic rings. The van der Waals surface area contributed by atoms with Crippen LogP contribution in [0, 0.1) is 5.82 Å². The summed E-state index contributed by atoms with van der Waals surface area (Å²) in [6.45, 7) is 2.73. The molecule has 1 saturated heterocycles. The van der Waals surface area contributed by atoms with E-state index in [1.807, 2.05) is 29.3 Å². The van der Waals surface area contributed by atoms with E-state index in [0.29, 0.717) is 25.1 Å². The van der Waals surface area contributed by atoms with Gasteiger partial charge in [0.1, 0.15) is 11.6 Å². The third kappa shape index (κ3) is 4.38. The molecule has 4 rings (SSSR count). The van der Waals surface area contributed by atoms with Gasteiger partial charge in [0, 0.05) is 50.2 Å². The van der Waals surface area contributed by atoms with Crippen LogP contribution in [0.25, 0.3) is 10.8 Å². The molecule has 0 aliphatic carbocycles. The minimum Gasteiger partial charge on any atom is -0.353 e. The molecule has 1 aliphatic heterocycles. The van der Waals surface area contributed by atoms with Crippen LogP contribution in [0.2, 0.25) is 0 Å². The maximum absolute atomic E-state index is 13.8. The van der Waals surface area contributed by atoms with E-state index in [9.17, 15) is 9.18 Å². The lowest BCUT2D eigenvalue weighted by molar-refractivity contribution is -0.131. The number of nitrogens with two attached hydrogens (primary N) is 1. The summed E-state index contributed by atoms with van der Waals surface area (Å²) < 4.78 is 13.8. The van der Waals surface area contributed by atoms with Crippen molar-refractivity contribution in [2.24, 2.45) is 5.73 Å². The van der Waals surface area contributed by atoms with Crippen molar-refractivity contribution < 1.29 is 9.18 Å². The zero-order valence-corrected chi connectivity index (χ0v) is 16.3. The molecule has 1 atom stereocenters. The number of carbonyl (C=O) groups is 1. The highest BCUT2D eigenvalue weighted by Gasteiger charge is 2.24. The van der Waals surface area contributed by atoms with Crippen LogP contribution in [-0.2, 0) is 11.2 Å². The molecule has 6 heteroatoms. The van der Waals surface area contributed by atoms with Gasteiger partial charge in [-0.15, -0.1) is 0 Å². The molecule has 1 fully saturated rings. The van der Waals surface area contributed by atoms with Crippen LogP contribution in [0.3, 0.4) is 0 Å². The lowest BCUT2D eigenvalue weighted by Gasteiger charge is -2.36. The number of aromatic nitrogens is 1. The van der Waals surface area contributed by atoms with Crippen molar-refractivity contribution in [2.45, 2.75) is 18.9 Å². The molecule has 0 radical (unpaired) electrons. The van der Waals surface area contributed by atoms with Gasteiger partial charge < -0.3 is 15.5 Å². The molecule has 0 bridgehead atoms. The summed E-state index contributed by atoms with van der Waals surface area (Å²) in [6.07, 6.45) is 2.41. The summed E-state index contributed by atoms with van der Waals surface area (Å²) in [5.41, 5.74) is 6.68. The number of piperazine rings is 1. The van der Waals surface area contributed by atoms with Gasteiger partial charge in [0.15, 0.2) is 0 Å². The molecule has 1 aromatic heterocycles.